The highest BCUT2D eigenvalue weighted by Crippen LogP contribution is 1.92. The van der Waals surface area contributed by atoms with Crippen LogP contribution in [-0.2, 0) is 14.3 Å². The van der Waals surface area contributed by atoms with E-state index in [1.54, 1.807) is 0 Å². The van der Waals surface area contributed by atoms with Gasteiger partial charge in [0.1, 0.15) is 0 Å². The minimum absolute atomic E-state index is 0.579. The SMILES string of the molecule is O=C1C=CC(=O)O1.Pc1ccccc1. The Labute approximate surface area is 84.0 Å². The number of ether oxygens (including phenoxy) is 1. The minimum Gasteiger partial charge on any atom is -0.387 e. The number of hydrogen-bond acceptors (Lipinski definition) is 3. The summed E-state index contributed by atoms with van der Waals surface area (Å²) in [6.45, 7) is 0. The summed E-state index contributed by atoms with van der Waals surface area (Å²) < 4.78 is 3.97. The predicted molar refractivity (Wildman–Crippen MR) is 56.0 cm³/mol. The predicted octanol–water partition coefficient (Wildman–Crippen LogP) is 0.813. The number of benzene rings is 1. The number of carbonyl (C=O) groups is 2. The van der Waals surface area contributed by atoms with Gasteiger partial charge in [0.15, 0.2) is 0 Å². The lowest BCUT2D eigenvalue weighted by molar-refractivity contribution is -0.150. The van der Waals surface area contributed by atoms with Gasteiger partial charge in [-0.3, -0.25) is 0 Å². The molecule has 1 aliphatic heterocycles. The van der Waals surface area contributed by atoms with Crippen molar-refractivity contribution in [3.63, 3.8) is 0 Å². The van der Waals surface area contributed by atoms with Gasteiger partial charge in [-0.05, 0) is 5.30 Å². The van der Waals surface area contributed by atoms with Crippen molar-refractivity contribution in [1.82, 2.24) is 0 Å². The molecule has 0 fully saturated rings. The van der Waals surface area contributed by atoms with Crippen molar-refractivity contribution >= 4 is 26.5 Å². The van der Waals surface area contributed by atoms with E-state index in [2.05, 4.69) is 14.0 Å². The highest BCUT2D eigenvalue weighted by Gasteiger charge is 2.10. The van der Waals surface area contributed by atoms with Gasteiger partial charge in [0.25, 0.3) is 0 Å². The molecule has 0 saturated carbocycles. The average Bonchev–Trinajstić information content (AvgIpc) is 2.52. The van der Waals surface area contributed by atoms with Crippen molar-refractivity contribution in [1.29, 1.82) is 0 Å². The van der Waals surface area contributed by atoms with Crippen LogP contribution in [0.3, 0.4) is 0 Å². The molecule has 1 heterocycles. The fourth-order valence-electron chi connectivity index (χ4n) is 0.756. The van der Waals surface area contributed by atoms with E-state index in [9.17, 15) is 9.59 Å². The van der Waals surface area contributed by atoms with Gasteiger partial charge in [-0.2, -0.15) is 0 Å². The van der Waals surface area contributed by atoms with Crippen molar-refractivity contribution in [2.24, 2.45) is 0 Å². The second kappa shape index (κ2) is 5.30. The lowest BCUT2D eigenvalue weighted by atomic mass is 10.4. The Bertz CT molecular complexity index is 341. The fourth-order valence-corrected chi connectivity index (χ4v) is 0.979. The monoisotopic (exact) mass is 208 g/mol. The highest BCUT2D eigenvalue weighted by atomic mass is 31.0. The van der Waals surface area contributed by atoms with Gasteiger partial charge in [-0.25, -0.2) is 9.59 Å². The van der Waals surface area contributed by atoms with Crippen molar-refractivity contribution in [3.8, 4) is 0 Å². The van der Waals surface area contributed by atoms with Crippen LogP contribution < -0.4 is 5.30 Å². The molecule has 0 spiro atoms. The molecule has 0 amide bonds. The smallest absolute Gasteiger partial charge is 0.338 e. The first kappa shape index (κ1) is 10.6. The van der Waals surface area contributed by atoms with Crippen molar-refractivity contribution in [2.75, 3.05) is 0 Å². The van der Waals surface area contributed by atoms with Crippen LogP contribution in [0.25, 0.3) is 0 Å². The van der Waals surface area contributed by atoms with Crippen molar-refractivity contribution in [2.45, 2.75) is 0 Å². The molecular formula is C10H9O3P. The Morgan fingerprint density at radius 2 is 1.43 bits per heavy atom. The molecule has 0 aliphatic carbocycles. The second-order valence-electron chi connectivity index (χ2n) is 2.48. The van der Waals surface area contributed by atoms with Gasteiger partial charge in [-0.15, -0.1) is 9.24 Å². The number of carbonyl (C=O) groups excluding carboxylic acids is 2. The Balaban J connectivity index is 0.000000140. The normalized spacial score (nSPS) is 13.2. The molecule has 0 N–H and O–H groups in total. The Morgan fingerprint density at radius 1 is 0.929 bits per heavy atom. The standard InChI is InChI=1S/C6H7P.C4H2O3/c7-6-4-2-1-3-5-6;5-3-1-2-4(6)7-3/h1-5H,7H2;1-2H. The molecule has 3 nitrogen and oxygen atoms in total. The van der Waals surface area contributed by atoms with E-state index < -0.39 is 11.9 Å². The summed E-state index contributed by atoms with van der Waals surface area (Å²) in [4.78, 5) is 19.8. The van der Waals surface area contributed by atoms with Gasteiger partial charge in [-0.1, -0.05) is 30.3 Å². The molecule has 4 heteroatoms. The van der Waals surface area contributed by atoms with E-state index in [0.717, 1.165) is 12.2 Å². The molecule has 1 atom stereocenters. The summed E-state index contributed by atoms with van der Waals surface area (Å²) in [5.41, 5.74) is 0. The van der Waals surface area contributed by atoms with Gasteiger partial charge >= 0.3 is 11.9 Å². The first-order valence-corrected chi connectivity index (χ1v) is 4.50. The topological polar surface area (TPSA) is 43.4 Å². The summed E-state index contributed by atoms with van der Waals surface area (Å²) in [5, 5.41) is 1.24. The molecule has 14 heavy (non-hydrogen) atoms. The largest absolute Gasteiger partial charge is 0.387 e. The summed E-state index contributed by atoms with van der Waals surface area (Å²) in [6, 6.07) is 10.1. The molecule has 0 bridgehead atoms. The fraction of sp³-hybridized carbons (Fsp3) is 0. The van der Waals surface area contributed by atoms with Crippen LogP contribution in [0.1, 0.15) is 0 Å². The van der Waals surface area contributed by atoms with Crippen molar-refractivity contribution in [3.05, 3.63) is 42.5 Å². The molecule has 1 aliphatic rings. The highest BCUT2D eigenvalue weighted by molar-refractivity contribution is 7.27. The maximum atomic E-state index is 9.92. The molecule has 0 aromatic heterocycles. The zero-order valence-corrected chi connectivity index (χ0v) is 8.50. The Kier molecular flexibility index (Phi) is 4.02. The van der Waals surface area contributed by atoms with E-state index in [4.69, 9.17) is 0 Å². The molecule has 0 radical (unpaired) electrons. The number of hydrogen-bond donors (Lipinski definition) is 0. The summed E-state index contributed by atoms with van der Waals surface area (Å²) in [7, 11) is 2.63. The van der Waals surface area contributed by atoms with Crippen LogP contribution in [0.5, 0.6) is 0 Å². The Morgan fingerprint density at radius 3 is 1.64 bits per heavy atom. The van der Waals surface area contributed by atoms with Gasteiger partial charge < -0.3 is 4.74 Å². The van der Waals surface area contributed by atoms with Crippen LogP contribution in [0.2, 0.25) is 0 Å². The first-order chi connectivity index (χ1) is 6.68. The van der Waals surface area contributed by atoms with Gasteiger partial charge in [0.2, 0.25) is 0 Å². The molecule has 0 saturated heterocycles. The average molecular weight is 208 g/mol. The van der Waals surface area contributed by atoms with Crippen LogP contribution >= 0.6 is 9.24 Å². The van der Waals surface area contributed by atoms with E-state index in [1.807, 2.05) is 30.3 Å². The zero-order chi connectivity index (χ0) is 10.4. The lowest BCUT2D eigenvalue weighted by Gasteiger charge is -1.82. The molecule has 1 unspecified atom stereocenters. The summed E-state index contributed by atoms with van der Waals surface area (Å²) in [5.74, 6) is -1.16. The third-order valence-corrected chi connectivity index (χ3v) is 1.74. The first-order valence-electron chi connectivity index (χ1n) is 3.93. The zero-order valence-electron chi connectivity index (χ0n) is 7.34. The minimum atomic E-state index is -0.579. The lowest BCUT2D eigenvalue weighted by Crippen LogP contribution is -1.96. The third kappa shape index (κ3) is 3.97. The third-order valence-electron chi connectivity index (χ3n) is 1.36. The Hall–Kier alpha value is -1.47. The molecular weight excluding hydrogens is 199 g/mol. The number of rotatable bonds is 0. The summed E-state index contributed by atoms with van der Waals surface area (Å²) in [6.07, 6.45) is 2.17. The molecule has 1 aromatic rings. The van der Waals surface area contributed by atoms with Gasteiger partial charge in [0.05, 0.1) is 0 Å². The van der Waals surface area contributed by atoms with E-state index in [0.29, 0.717) is 0 Å². The van der Waals surface area contributed by atoms with Crippen LogP contribution in [0, 0.1) is 0 Å². The van der Waals surface area contributed by atoms with Crippen LogP contribution in [-0.4, -0.2) is 11.9 Å². The molecule has 2 rings (SSSR count). The van der Waals surface area contributed by atoms with Gasteiger partial charge in [0, 0.05) is 12.2 Å². The maximum absolute atomic E-state index is 9.92. The molecule has 1 aromatic carbocycles. The van der Waals surface area contributed by atoms with E-state index in [1.165, 1.54) is 5.30 Å². The van der Waals surface area contributed by atoms with E-state index in [-0.39, 0.29) is 0 Å². The van der Waals surface area contributed by atoms with E-state index >= 15 is 0 Å². The van der Waals surface area contributed by atoms with Crippen molar-refractivity contribution < 1.29 is 14.3 Å². The van der Waals surface area contributed by atoms with Crippen LogP contribution in [0.15, 0.2) is 42.5 Å². The number of cyclic esters (lactones) is 2. The number of esters is 2. The second-order valence-corrected chi connectivity index (χ2v) is 3.15. The summed E-state index contributed by atoms with van der Waals surface area (Å²) >= 11 is 0. The quantitative estimate of drug-likeness (QED) is 0.360. The molecule has 72 valence electrons. The van der Waals surface area contributed by atoms with Crippen LogP contribution in [0.4, 0.5) is 0 Å². The maximum Gasteiger partial charge on any atom is 0.338 e.